The van der Waals surface area contributed by atoms with Crippen LogP contribution < -0.4 is 5.32 Å². The van der Waals surface area contributed by atoms with Gasteiger partial charge in [0.05, 0.1) is 0 Å². The number of nitrogens with one attached hydrogen (secondary N) is 1. The Kier molecular flexibility index (Phi) is 7.44. The maximum absolute atomic E-state index is 6.05. The van der Waals surface area contributed by atoms with Gasteiger partial charge in [-0.05, 0) is 44.5 Å². The molecule has 0 radical (unpaired) electrons. The summed E-state index contributed by atoms with van der Waals surface area (Å²) < 4.78 is 0. The van der Waals surface area contributed by atoms with Crippen LogP contribution in [0, 0.1) is 0 Å². The third-order valence-corrected chi connectivity index (χ3v) is 4.11. The summed E-state index contributed by atoms with van der Waals surface area (Å²) in [5, 5.41) is 4.41. The zero-order valence-corrected chi connectivity index (χ0v) is 13.4. The summed E-state index contributed by atoms with van der Waals surface area (Å²) in [4.78, 5) is 2.36. The van der Waals surface area contributed by atoms with Gasteiger partial charge >= 0.3 is 0 Å². The Labute approximate surface area is 123 Å². The van der Waals surface area contributed by atoms with E-state index in [0.717, 1.165) is 18.1 Å². The van der Waals surface area contributed by atoms with Gasteiger partial charge in [0.25, 0.3) is 0 Å². The highest BCUT2D eigenvalue weighted by molar-refractivity contribution is 6.30. The van der Waals surface area contributed by atoms with Crippen LogP contribution in [0.15, 0.2) is 24.3 Å². The first-order valence-corrected chi connectivity index (χ1v) is 7.65. The highest BCUT2D eigenvalue weighted by atomic mass is 35.5. The Balaban J connectivity index is 2.42. The van der Waals surface area contributed by atoms with E-state index in [2.05, 4.69) is 50.2 Å². The molecular weight excluding hydrogens is 256 g/mol. The van der Waals surface area contributed by atoms with Crippen molar-refractivity contribution in [1.29, 1.82) is 0 Å². The molecule has 0 bridgehead atoms. The van der Waals surface area contributed by atoms with E-state index < -0.39 is 0 Å². The molecule has 0 heterocycles. The van der Waals surface area contributed by atoms with Crippen molar-refractivity contribution in [1.82, 2.24) is 10.2 Å². The van der Waals surface area contributed by atoms with Gasteiger partial charge in [0.2, 0.25) is 0 Å². The average molecular weight is 283 g/mol. The summed E-state index contributed by atoms with van der Waals surface area (Å²) in [6, 6.07) is 9.17. The lowest BCUT2D eigenvalue weighted by atomic mass is 10.1. The van der Waals surface area contributed by atoms with E-state index in [0.29, 0.717) is 12.1 Å². The Hall–Kier alpha value is -0.570. The monoisotopic (exact) mass is 282 g/mol. The van der Waals surface area contributed by atoms with Crippen molar-refractivity contribution >= 4 is 11.6 Å². The van der Waals surface area contributed by atoms with Crippen LogP contribution in [-0.2, 0) is 0 Å². The van der Waals surface area contributed by atoms with E-state index in [9.17, 15) is 0 Å². The first-order valence-electron chi connectivity index (χ1n) is 7.27. The molecule has 0 aliphatic heterocycles. The van der Waals surface area contributed by atoms with Crippen LogP contribution in [-0.4, -0.2) is 31.1 Å². The molecule has 2 nitrogen and oxygen atoms in total. The molecule has 1 aromatic rings. The predicted molar refractivity (Wildman–Crippen MR) is 84.9 cm³/mol. The Bertz CT molecular complexity index is 364. The molecule has 0 saturated carbocycles. The maximum atomic E-state index is 6.05. The van der Waals surface area contributed by atoms with Crippen molar-refractivity contribution in [2.75, 3.05) is 20.1 Å². The number of hydrogen-bond donors (Lipinski definition) is 1. The van der Waals surface area contributed by atoms with Crippen molar-refractivity contribution in [3.63, 3.8) is 0 Å². The van der Waals surface area contributed by atoms with Crippen molar-refractivity contribution in [3.8, 4) is 0 Å². The van der Waals surface area contributed by atoms with Gasteiger partial charge in [0, 0.05) is 30.2 Å². The third kappa shape index (κ3) is 5.52. The molecule has 0 aliphatic rings. The minimum atomic E-state index is 0.391. The zero-order valence-electron chi connectivity index (χ0n) is 12.6. The van der Waals surface area contributed by atoms with Crippen molar-refractivity contribution in [2.45, 2.75) is 45.7 Å². The van der Waals surface area contributed by atoms with Crippen molar-refractivity contribution < 1.29 is 0 Å². The summed E-state index contributed by atoms with van der Waals surface area (Å²) in [5.41, 5.74) is 1.28. The first-order chi connectivity index (χ1) is 9.08. The normalized spacial score (nSPS) is 13.2. The number of benzene rings is 1. The molecule has 108 valence electrons. The molecule has 0 aliphatic carbocycles. The van der Waals surface area contributed by atoms with E-state index in [1.807, 2.05) is 12.1 Å². The van der Waals surface area contributed by atoms with Gasteiger partial charge in [-0.25, -0.2) is 0 Å². The molecule has 0 aromatic heterocycles. The molecule has 19 heavy (non-hydrogen) atoms. The molecule has 1 N–H and O–H groups in total. The molecule has 1 atom stereocenters. The lowest BCUT2D eigenvalue weighted by molar-refractivity contribution is 0.256. The molecule has 1 rings (SSSR count). The quantitative estimate of drug-likeness (QED) is 0.772. The van der Waals surface area contributed by atoms with E-state index in [1.165, 1.54) is 18.4 Å². The van der Waals surface area contributed by atoms with Gasteiger partial charge < -0.3 is 5.32 Å². The lowest BCUT2D eigenvalue weighted by Gasteiger charge is -2.26. The fraction of sp³-hybridized carbons (Fsp3) is 0.625. The number of hydrogen-bond acceptors (Lipinski definition) is 2. The number of rotatable bonds is 8. The summed E-state index contributed by atoms with van der Waals surface area (Å²) in [5.74, 6) is 0. The van der Waals surface area contributed by atoms with E-state index in [1.54, 1.807) is 0 Å². The lowest BCUT2D eigenvalue weighted by Crippen LogP contribution is -2.36. The molecule has 1 unspecified atom stereocenters. The van der Waals surface area contributed by atoms with Gasteiger partial charge in [0.1, 0.15) is 0 Å². The van der Waals surface area contributed by atoms with Gasteiger partial charge in [0.15, 0.2) is 0 Å². The number of halogens is 1. The maximum Gasteiger partial charge on any atom is 0.0409 e. The Morgan fingerprint density at radius 1 is 1.26 bits per heavy atom. The summed E-state index contributed by atoms with van der Waals surface area (Å²) >= 11 is 6.05. The topological polar surface area (TPSA) is 15.3 Å². The van der Waals surface area contributed by atoms with Crippen LogP contribution >= 0.6 is 11.6 Å². The highest BCUT2D eigenvalue weighted by Gasteiger charge is 2.12. The van der Waals surface area contributed by atoms with Crippen LogP contribution in [0.1, 0.15) is 45.2 Å². The third-order valence-electron chi connectivity index (χ3n) is 3.88. The molecule has 0 fully saturated rings. The van der Waals surface area contributed by atoms with Crippen LogP contribution in [0.25, 0.3) is 0 Å². The van der Waals surface area contributed by atoms with Gasteiger partial charge in [-0.2, -0.15) is 0 Å². The van der Waals surface area contributed by atoms with E-state index in [4.69, 9.17) is 11.6 Å². The van der Waals surface area contributed by atoms with Gasteiger partial charge in [-0.15, -0.1) is 0 Å². The second-order valence-electron chi connectivity index (χ2n) is 5.18. The fourth-order valence-corrected chi connectivity index (χ4v) is 2.44. The number of likely N-dealkylation sites (N-methyl/N-ethyl adjacent to an activating group) is 1. The van der Waals surface area contributed by atoms with Crippen LogP contribution in [0.2, 0.25) is 5.02 Å². The van der Waals surface area contributed by atoms with Crippen molar-refractivity contribution in [2.24, 2.45) is 0 Å². The number of nitrogens with zero attached hydrogens (tertiary/aromatic N) is 1. The van der Waals surface area contributed by atoms with Crippen LogP contribution in [0.3, 0.4) is 0 Å². The molecule has 1 aromatic carbocycles. The minimum absolute atomic E-state index is 0.391. The minimum Gasteiger partial charge on any atom is -0.313 e. The molecule has 3 heteroatoms. The van der Waals surface area contributed by atoms with E-state index in [-0.39, 0.29) is 0 Å². The van der Waals surface area contributed by atoms with Crippen molar-refractivity contribution in [3.05, 3.63) is 34.9 Å². The summed E-state index contributed by atoms with van der Waals surface area (Å²) in [6.07, 6.45) is 2.40. The van der Waals surface area contributed by atoms with Crippen LogP contribution in [0.5, 0.6) is 0 Å². The average Bonchev–Trinajstić information content (AvgIpc) is 2.42. The standard InChI is InChI=1S/C16H27ClN2/c1-5-16(6-2)18-10-11-19(4)13(3)14-8-7-9-15(17)12-14/h7-9,12-13,16,18H,5-6,10-11H2,1-4H3. The Morgan fingerprint density at radius 2 is 1.95 bits per heavy atom. The largest absolute Gasteiger partial charge is 0.313 e. The zero-order chi connectivity index (χ0) is 14.3. The predicted octanol–water partition coefficient (Wildman–Crippen LogP) is 4.11. The molecule has 0 saturated heterocycles. The SMILES string of the molecule is CCC(CC)NCCN(C)C(C)c1cccc(Cl)c1. The Morgan fingerprint density at radius 3 is 2.53 bits per heavy atom. The van der Waals surface area contributed by atoms with Crippen LogP contribution in [0.4, 0.5) is 0 Å². The summed E-state index contributed by atoms with van der Waals surface area (Å²) in [6.45, 7) is 8.78. The van der Waals surface area contributed by atoms with E-state index >= 15 is 0 Å². The highest BCUT2D eigenvalue weighted by Crippen LogP contribution is 2.21. The van der Waals surface area contributed by atoms with Gasteiger partial charge in [-0.1, -0.05) is 37.6 Å². The second kappa shape index (κ2) is 8.57. The fourth-order valence-electron chi connectivity index (χ4n) is 2.24. The smallest absolute Gasteiger partial charge is 0.0409 e. The molecular formula is C16H27ClN2. The molecule has 0 amide bonds. The first kappa shape index (κ1) is 16.5. The second-order valence-corrected chi connectivity index (χ2v) is 5.62. The molecule has 0 spiro atoms. The summed E-state index contributed by atoms with van der Waals surface area (Å²) in [7, 11) is 2.17. The van der Waals surface area contributed by atoms with Gasteiger partial charge in [-0.3, -0.25) is 4.90 Å².